The molecule has 1 N–H and O–H groups in total. The van der Waals surface area contributed by atoms with E-state index in [0.717, 1.165) is 22.1 Å². The van der Waals surface area contributed by atoms with Crippen molar-refractivity contribution in [3.63, 3.8) is 0 Å². The minimum atomic E-state index is -0.281. The molecule has 2 aromatic heterocycles. The van der Waals surface area contributed by atoms with Gasteiger partial charge in [-0.15, -0.1) is 10.2 Å². The summed E-state index contributed by atoms with van der Waals surface area (Å²) in [6.07, 6.45) is 4.38. The minimum Gasteiger partial charge on any atom is -0.355 e. The first-order chi connectivity index (χ1) is 13.1. The molecule has 0 aliphatic carbocycles. The van der Waals surface area contributed by atoms with Crippen LogP contribution in [0.25, 0.3) is 17.1 Å². The van der Waals surface area contributed by atoms with E-state index in [0.29, 0.717) is 17.5 Å². The highest BCUT2D eigenvalue weighted by molar-refractivity contribution is 9.10. The van der Waals surface area contributed by atoms with Gasteiger partial charge in [0.15, 0.2) is 11.0 Å². The Morgan fingerprint density at radius 2 is 2.04 bits per heavy atom. The van der Waals surface area contributed by atoms with Gasteiger partial charge in [0.1, 0.15) is 0 Å². The zero-order valence-corrected chi connectivity index (χ0v) is 17.5. The van der Waals surface area contributed by atoms with Crippen molar-refractivity contribution >= 4 is 33.6 Å². The van der Waals surface area contributed by atoms with Gasteiger partial charge < -0.3 is 5.32 Å². The number of carbonyl (C=O) groups excluding carboxylic acids is 1. The maximum Gasteiger partial charge on any atom is 0.233 e. The second-order valence-electron chi connectivity index (χ2n) is 5.91. The second kappa shape index (κ2) is 9.14. The number of hydrogen-bond donors (Lipinski definition) is 1. The first-order valence-corrected chi connectivity index (χ1v) is 10.3. The lowest BCUT2D eigenvalue weighted by Crippen LogP contribution is -2.31. The number of halogens is 1. The summed E-state index contributed by atoms with van der Waals surface area (Å²) in [5.41, 5.74) is 1.79. The van der Waals surface area contributed by atoms with Crippen molar-refractivity contribution in [3.8, 4) is 17.1 Å². The smallest absolute Gasteiger partial charge is 0.233 e. The van der Waals surface area contributed by atoms with Gasteiger partial charge in [-0.05, 0) is 49.7 Å². The Labute approximate surface area is 170 Å². The van der Waals surface area contributed by atoms with Crippen LogP contribution in [0.5, 0.6) is 0 Å². The maximum atomic E-state index is 12.3. The molecule has 0 unspecified atom stereocenters. The van der Waals surface area contributed by atoms with Crippen molar-refractivity contribution < 1.29 is 4.79 Å². The zero-order chi connectivity index (χ0) is 19.2. The molecule has 2 heterocycles. The first-order valence-electron chi connectivity index (χ1n) is 8.66. The Balaban J connectivity index is 1.98. The third kappa shape index (κ3) is 4.75. The summed E-state index contributed by atoms with van der Waals surface area (Å²) >= 11 is 4.85. The highest BCUT2D eigenvalue weighted by Gasteiger charge is 2.21. The molecule has 27 heavy (non-hydrogen) atoms. The highest BCUT2D eigenvalue weighted by Crippen LogP contribution is 2.30. The Morgan fingerprint density at radius 1 is 1.26 bits per heavy atom. The lowest BCUT2D eigenvalue weighted by Gasteiger charge is -2.13. The largest absolute Gasteiger partial charge is 0.355 e. The van der Waals surface area contributed by atoms with E-state index in [9.17, 15) is 4.79 Å². The lowest BCUT2D eigenvalue weighted by atomic mass is 10.2. The van der Waals surface area contributed by atoms with E-state index in [-0.39, 0.29) is 11.2 Å². The molecule has 140 valence electrons. The first kappa shape index (κ1) is 19.6. The van der Waals surface area contributed by atoms with Gasteiger partial charge >= 0.3 is 0 Å². The molecule has 0 aliphatic heterocycles. The molecule has 0 saturated heterocycles. The standard InChI is InChI=1S/C19H20BrN5OS/c1-3-10-22-18(26)13(2)27-19-24-23-17(14-5-4-11-21-12-14)25(19)16-8-6-15(20)7-9-16/h4-9,11-13H,3,10H2,1-2H3,(H,22,26)/t13-/m1/s1. The van der Waals surface area contributed by atoms with Crippen LogP contribution in [0, 0.1) is 0 Å². The fourth-order valence-electron chi connectivity index (χ4n) is 2.45. The molecule has 0 saturated carbocycles. The fourth-order valence-corrected chi connectivity index (χ4v) is 3.61. The number of carbonyl (C=O) groups is 1. The third-order valence-corrected chi connectivity index (χ3v) is 5.41. The molecule has 0 fully saturated rings. The number of amides is 1. The normalized spacial score (nSPS) is 12.0. The molecule has 0 bridgehead atoms. The molecular weight excluding hydrogens is 426 g/mol. The van der Waals surface area contributed by atoms with Crippen molar-refractivity contribution in [2.45, 2.75) is 30.7 Å². The van der Waals surface area contributed by atoms with Crippen LogP contribution in [-0.2, 0) is 4.79 Å². The molecule has 0 aliphatic rings. The second-order valence-corrected chi connectivity index (χ2v) is 8.13. The molecule has 0 radical (unpaired) electrons. The molecule has 3 aromatic rings. The van der Waals surface area contributed by atoms with Crippen molar-refractivity contribution in [3.05, 3.63) is 53.3 Å². The van der Waals surface area contributed by atoms with Crippen molar-refractivity contribution in [2.75, 3.05) is 6.54 Å². The molecule has 0 spiro atoms. The van der Waals surface area contributed by atoms with Gasteiger partial charge in [0.05, 0.1) is 5.25 Å². The van der Waals surface area contributed by atoms with Crippen LogP contribution >= 0.6 is 27.7 Å². The number of nitrogens with one attached hydrogen (secondary N) is 1. The lowest BCUT2D eigenvalue weighted by molar-refractivity contribution is -0.120. The number of thioether (sulfide) groups is 1. The molecule has 8 heteroatoms. The summed E-state index contributed by atoms with van der Waals surface area (Å²) < 4.78 is 2.95. The highest BCUT2D eigenvalue weighted by atomic mass is 79.9. The minimum absolute atomic E-state index is 0.00451. The van der Waals surface area contributed by atoms with Gasteiger partial charge in [0.25, 0.3) is 0 Å². The molecule has 1 atom stereocenters. The quantitative estimate of drug-likeness (QED) is 0.554. The van der Waals surface area contributed by atoms with Gasteiger partial charge in [0, 0.05) is 34.7 Å². The topological polar surface area (TPSA) is 72.7 Å². The van der Waals surface area contributed by atoms with E-state index in [4.69, 9.17) is 0 Å². The van der Waals surface area contributed by atoms with Crippen LogP contribution in [0.4, 0.5) is 0 Å². The zero-order valence-electron chi connectivity index (χ0n) is 15.1. The van der Waals surface area contributed by atoms with E-state index in [1.54, 1.807) is 12.4 Å². The Hall–Kier alpha value is -2.19. The van der Waals surface area contributed by atoms with E-state index < -0.39 is 0 Å². The molecule has 1 aromatic carbocycles. The Morgan fingerprint density at radius 3 is 2.70 bits per heavy atom. The molecule has 3 rings (SSSR count). The predicted octanol–water partition coefficient (Wildman–Crippen LogP) is 4.10. The Bertz CT molecular complexity index is 898. The predicted molar refractivity (Wildman–Crippen MR) is 111 cm³/mol. The Kier molecular flexibility index (Phi) is 6.63. The number of benzene rings is 1. The summed E-state index contributed by atoms with van der Waals surface area (Å²) in [5.74, 6) is 0.684. The number of nitrogens with zero attached hydrogens (tertiary/aromatic N) is 4. The summed E-state index contributed by atoms with van der Waals surface area (Å²) in [6, 6.07) is 11.7. The van der Waals surface area contributed by atoms with Gasteiger partial charge in [-0.2, -0.15) is 0 Å². The number of rotatable bonds is 7. The van der Waals surface area contributed by atoms with E-state index >= 15 is 0 Å². The van der Waals surface area contributed by atoms with Crippen LogP contribution in [-0.4, -0.2) is 37.5 Å². The number of aromatic nitrogens is 4. The fraction of sp³-hybridized carbons (Fsp3) is 0.263. The summed E-state index contributed by atoms with van der Waals surface area (Å²) in [6.45, 7) is 4.58. The van der Waals surface area contributed by atoms with Crippen molar-refractivity contribution in [2.24, 2.45) is 0 Å². The van der Waals surface area contributed by atoms with Crippen LogP contribution < -0.4 is 5.32 Å². The number of hydrogen-bond acceptors (Lipinski definition) is 5. The van der Waals surface area contributed by atoms with E-state index in [2.05, 4.69) is 36.4 Å². The van der Waals surface area contributed by atoms with Gasteiger partial charge in [0.2, 0.25) is 5.91 Å². The van der Waals surface area contributed by atoms with Crippen LogP contribution in [0.15, 0.2) is 58.4 Å². The van der Waals surface area contributed by atoms with Gasteiger partial charge in [-0.25, -0.2) is 0 Å². The van der Waals surface area contributed by atoms with E-state index in [1.165, 1.54) is 11.8 Å². The van der Waals surface area contributed by atoms with Gasteiger partial charge in [-0.1, -0.05) is 34.6 Å². The van der Waals surface area contributed by atoms with Crippen LogP contribution in [0.1, 0.15) is 20.3 Å². The number of pyridine rings is 1. The average Bonchev–Trinajstić information content (AvgIpc) is 3.10. The van der Waals surface area contributed by atoms with Crippen LogP contribution in [0.2, 0.25) is 0 Å². The summed E-state index contributed by atoms with van der Waals surface area (Å²) in [5, 5.41) is 12.0. The van der Waals surface area contributed by atoms with E-state index in [1.807, 2.05) is 54.8 Å². The van der Waals surface area contributed by atoms with Gasteiger partial charge in [-0.3, -0.25) is 14.3 Å². The molecule has 1 amide bonds. The maximum absolute atomic E-state index is 12.3. The van der Waals surface area contributed by atoms with Crippen molar-refractivity contribution in [1.29, 1.82) is 0 Å². The molecular formula is C19H20BrN5OS. The third-order valence-electron chi connectivity index (χ3n) is 3.84. The van der Waals surface area contributed by atoms with Crippen molar-refractivity contribution in [1.82, 2.24) is 25.1 Å². The average molecular weight is 446 g/mol. The summed E-state index contributed by atoms with van der Waals surface area (Å²) in [7, 11) is 0. The monoisotopic (exact) mass is 445 g/mol. The van der Waals surface area contributed by atoms with Crippen LogP contribution in [0.3, 0.4) is 0 Å². The summed E-state index contributed by atoms with van der Waals surface area (Å²) in [4.78, 5) is 16.5. The SMILES string of the molecule is CCCNC(=O)[C@@H](C)Sc1nnc(-c2cccnc2)n1-c1ccc(Br)cc1. The molecule has 6 nitrogen and oxygen atoms in total.